The number of ether oxygens (including phenoxy) is 1. The predicted octanol–water partition coefficient (Wildman–Crippen LogP) is 4.86. The summed E-state index contributed by atoms with van der Waals surface area (Å²) in [7, 11) is 1.81. The standard InChI is InChI=1S/C21H22N2O2S/c1-15-9-11-18(12-10-15)25-13-20-22-19(14-26-20)21(24)23(3)16(2)17-7-5-4-6-8-17/h4-12,14,16H,13H2,1-3H3. The van der Waals surface area contributed by atoms with E-state index in [1.807, 2.05) is 75.5 Å². The largest absolute Gasteiger partial charge is 0.486 e. The van der Waals surface area contributed by atoms with Crippen LogP contribution in [0.3, 0.4) is 0 Å². The number of benzene rings is 2. The molecular formula is C21H22N2O2S. The van der Waals surface area contributed by atoms with Crippen molar-refractivity contribution in [3.05, 3.63) is 81.8 Å². The summed E-state index contributed by atoms with van der Waals surface area (Å²) in [5, 5.41) is 2.58. The van der Waals surface area contributed by atoms with Crippen molar-refractivity contribution >= 4 is 17.2 Å². The highest BCUT2D eigenvalue weighted by molar-refractivity contribution is 7.09. The molecule has 0 saturated heterocycles. The van der Waals surface area contributed by atoms with Crippen LogP contribution in [0.2, 0.25) is 0 Å². The Balaban J connectivity index is 1.63. The van der Waals surface area contributed by atoms with Crippen LogP contribution in [0.1, 0.15) is 39.6 Å². The molecule has 5 heteroatoms. The van der Waals surface area contributed by atoms with E-state index in [1.54, 1.807) is 10.3 Å². The molecule has 0 fully saturated rings. The molecule has 0 spiro atoms. The third-order valence-corrected chi connectivity index (χ3v) is 5.16. The van der Waals surface area contributed by atoms with Crippen LogP contribution in [0.4, 0.5) is 0 Å². The van der Waals surface area contributed by atoms with Crippen LogP contribution in [-0.4, -0.2) is 22.8 Å². The number of carbonyl (C=O) groups is 1. The lowest BCUT2D eigenvalue weighted by Crippen LogP contribution is -2.29. The average Bonchev–Trinajstić information content (AvgIpc) is 3.15. The fourth-order valence-corrected chi connectivity index (χ4v) is 3.25. The second-order valence-electron chi connectivity index (χ2n) is 6.23. The third kappa shape index (κ3) is 4.29. The molecular weight excluding hydrogens is 344 g/mol. The summed E-state index contributed by atoms with van der Waals surface area (Å²) in [6.45, 7) is 4.41. The number of aromatic nitrogens is 1. The zero-order valence-electron chi connectivity index (χ0n) is 15.2. The van der Waals surface area contributed by atoms with Gasteiger partial charge < -0.3 is 9.64 Å². The van der Waals surface area contributed by atoms with Gasteiger partial charge in [0.15, 0.2) is 0 Å². The maximum absolute atomic E-state index is 12.7. The fraction of sp³-hybridized carbons (Fsp3) is 0.238. The molecule has 3 aromatic rings. The Hall–Kier alpha value is -2.66. The molecule has 0 aliphatic rings. The van der Waals surface area contributed by atoms with Crippen LogP contribution in [0.5, 0.6) is 5.75 Å². The first-order valence-electron chi connectivity index (χ1n) is 8.50. The number of thiazole rings is 1. The monoisotopic (exact) mass is 366 g/mol. The van der Waals surface area contributed by atoms with E-state index in [1.165, 1.54) is 16.9 Å². The normalized spacial score (nSPS) is 11.8. The van der Waals surface area contributed by atoms with E-state index < -0.39 is 0 Å². The minimum absolute atomic E-state index is 0.0161. The lowest BCUT2D eigenvalue weighted by molar-refractivity contribution is 0.0737. The number of amides is 1. The predicted molar refractivity (Wildman–Crippen MR) is 105 cm³/mol. The molecule has 0 aliphatic carbocycles. The highest BCUT2D eigenvalue weighted by atomic mass is 32.1. The zero-order valence-corrected chi connectivity index (χ0v) is 16.0. The first kappa shape index (κ1) is 18.1. The number of rotatable bonds is 6. The van der Waals surface area contributed by atoms with Crippen LogP contribution >= 0.6 is 11.3 Å². The van der Waals surface area contributed by atoms with Crippen molar-refractivity contribution in [3.63, 3.8) is 0 Å². The average molecular weight is 366 g/mol. The van der Waals surface area contributed by atoms with Crippen molar-refractivity contribution in [2.24, 2.45) is 0 Å². The molecule has 4 nitrogen and oxygen atoms in total. The summed E-state index contributed by atoms with van der Waals surface area (Å²) >= 11 is 1.44. The summed E-state index contributed by atoms with van der Waals surface area (Å²) in [5.41, 5.74) is 2.75. The van der Waals surface area contributed by atoms with Crippen molar-refractivity contribution in [2.45, 2.75) is 26.5 Å². The van der Waals surface area contributed by atoms with Crippen LogP contribution in [0.15, 0.2) is 60.0 Å². The lowest BCUT2D eigenvalue weighted by Gasteiger charge is -2.24. The molecule has 0 N–H and O–H groups in total. The van der Waals surface area contributed by atoms with Gasteiger partial charge in [-0.2, -0.15) is 0 Å². The third-order valence-electron chi connectivity index (χ3n) is 4.34. The first-order valence-corrected chi connectivity index (χ1v) is 9.38. The van der Waals surface area contributed by atoms with Gasteiger partial charge >= 0.3 is 0 Å². The molecule has 134 valence electrons. The van der Waals surface area contributed by atoms with E-state index in [4.69, 9.17) is 4.74 Å². The minimum Gasteiger partial charge on any atom is -0.486 e. The molecule has 3 rings (SSSR count). The first-order chi connectivity index (χ1) is 12.5. The molecule has 1 unspecified atom stereocenters. The van der Waals surface area contributed by atoms with Gasteiger partial charge in [0.1, 0.15) is 23.1 Å². The molecule has 1 atom stereocenters. The molecule has 0 radical (unpaired) electrons. The summed E-state index contributed by atoms with van der Waals surface area (Å²) in [4.78, 5) is 18.9. The van der Waals surface area contributed by atoms with E-state index in [2.05, 4.69) is 4.98 Å². The highest BCUT2D eigenvalue weighted by Crippen LogP contribution is 2.22. The Morgan fingerprint density at radius 1 is 1.15 bits per heavy atom. The summed E-state index contributed by atoms with van der Waals surface area (Å²) in [6, 6.07) is 17.8. The van der Waals surface area contributed by atoms with Crippen molar-refractivity contribution in [1.29, 1.82) is 0 Å². The fourth-order valence-electron chi connectivity index (χ4n) is 2.57. The Labute approximate surface area is 158 Å². The molecule has 0 bridgehead atoms. The van der Waals surface area contributed by atoms with Gasteiger partial charge in [0.05, 0.1) is 6.04 Å². The number of nitrogens with zero attached hydrogens (tertiary/aromatic N) is 2. The van der Waals surface area contributed by atoms with E-state index >= 15 is 0 Å². The van der Waals surface area contributed by atoms with Gasteiger partial charge in [0.25, 0.3) is 5.91 Å². The Kier molecular flexibility index (Phi) is 5.68. The summed E-state index contributed by atoms with van der Waals surface area (Å²) in [5.74, 6) is 0.715. The summed E-state index contributed by atoms with van der Waals surface area (Å²) in [6.07, 6.45) is 0. The Morgan fingerprint density at radius 3 is 2.54 bits per heavy atom. The lowest BCUT2D eigenvalue weighted by atomic mass is 10.1. The second kappa shape index (κ2) is 8.15. The van der Waals surface area contributed by atoms with Gasteiger partial charge in [-0.25, -0.2) is 4.98 Å². The Bertz CT molecular complexity index is 859. The molecule has 26 heavy (non-hydrogen) atoms. The van der Waals surface area contributed by atoms with Crippen molar-refractivity contribution < 1.29 is 9.53 Å². The molecule has 0 aliphatic heterocycles. The number of carbonyl (C=O) groups excluding carboxylic acids is 1. The van der Waals surface area contributed by atoms with Crippen molar-refractivity contribution in [1.82, 2.24) is 9.88 Å². The maximum atomic E-state index is 12.7. The SMILES string of the molecule is Cc1ccc(OCc2nc(C(=O)N(C)C(C)c3ccccc3)cs2)cc1. The van der Waals surface area contributed by atoms with Gasteiger partial charge in [-0.1, -0.05) is 48.0 Å². The Morgan fingerprint density at radius 2 is 1.85 bits per heavy atom. The highest BCUT2D eigenvalue weighted by Gasteiger charge is 2.21. The van der Waals surface area contributed by atoms with Gasteiger partial charge in [-0.05, 0) is 31.5 Å². The van der Waals surface area contributed by atoms with Gasteiger partial charge in [0, 0.05) is 12.4 Å². The quantitative estimate of drug-likeness (QED) is 0.625. The zero-order chi connectivity index (χ0) is 18.5. The molecule has 0 saturated carbocycles. The van der Waals surface area contributed by atoms with E-state index in [0.29, 0.717) is 12.3 Å². The number of aryl methyl sites for hydroxylation is 1. The van der Waals surface area contributed by atoms with Crippen LogP contribution in [-0.2, 0) is 6.61 Å². The molecule has 1 heterocycles. The van der Waals surface area contributed by atoms with Crippen LogP contribution in [0, 0.1) is 6.92 Å². The molecule has 2 aromatic carbocycles. The van der Waals surface area contributed by atoms with Crippen molar-refractivity contribution in [2.75, 3.05) is 7.05 Å². The summed E-state index contributed by atoms with van der Waals surface area (Å²) < 4.78 is 5.74. The van der Waals surface area contributed by atoms with Gasteiger partial charge in [0.2, 0.25) is 0 Å². The van der Waals surface area contributed by atoms with Gasteiger partial charge in [-0.15, -0.1) is 11.3 Å². The van der Waals surface area contributed by atoms with E-state index in [-0.39, 0.29) is 11.9 Å². The van der Waals surface area contributed by atoms with E-state index in [9.17, 15) is 4.79 Å². The molecule has 1 amide bonds. The molecule has 1 aromatic heterocycles. The van der Waals surface area contributed by atoms with E-state index in [0.717, 1.165) is 16.3 Å². The maximum Gasteiger partial charge on any atom is 0.273 e. The van der Waals surface area contributed by atoms with Gasteiger partial charge in [-0.3, -0.25) is 4.79 Å². The number of hydrogen-bond acceptors (Lipinski definition) is 4. The smallest absolute Gasteiger partial charge is 0.273 e. The van der Waals surface area contributed by atoms with Crippen LogP contribution in [0.25, 0.3) is 0 Å². The van der Waals surface area contributed by atoms with Crippen LogP contribution < -0.4 is 4.74 Å². The second-order valence-corrected chi connectivity index (χ2v) is 7.17. The van der Waals surface area contributed by atoms with Crippen molar-refractivity contribution in [3.8, 4) is 5.75 Å². The number of hydrogen-bond donors (Lipinski definition) is 0. The topological polar surface area (TPSA) is 42.4 Å². The minimum atomic E-state index is -0.0841.